The van der Waals surface area contributed by atoms with Crippen molar-refractivity contribution in [3.63, 3.8) is 0 Å². The summed E-state index contributed by atoms with van der Waals surface area (Å²) in [4.78, 5) is 41.8. The van der Waals surface area contributed by atoms with Gasteiger partial charge >= 0.3 is 0 Å². The molecule has 0 atom stereocenters. The fourth-order valence-electron chi connectivity index (χ4n) is 5.32. The minimum atomic E-state index is -1.92. The van der Waals surface area contributed by atoms with Gasteiger partial charge < -0.3 is 23.6 Å². The molecule has 0 fully saturated rings. The van der Waals surface area contributed by atoms with Crippen molar-refractivity contribution >= 4 is 74.2 Å². The second-order valence-corrected chi connectivity index (χ2v) is 27.7. The highest BCUT2D eigenvalue weighted by atomic mass is 35.5. The van der Waals surface area contributed by atoms with Crippen molar-refractivity contribution in [1.82, 2.24) is 19.9 Å². The Morgan fingerprint density at radius 3 is 1.78 bits per heavy atom. The normalized spacial score (nSPS) is 13.4. The Labute approximate surface area is 366 Å². The Morgan fingerprint density at radius 2 is 1.25 bits per heavy atom. The van der Waals surface area contributed by atoms with Crippen molar-refractivity contribution in [2.75, 3.05) is 49.7 Å². The lowest BCUT2D eigenvalue weighted by Gasteiger charge is -2.36. The third-order valence-corrected chi connectivity index (χ3v) is 20.5. The topological polar surface area (TPSA) is 138 Å². The van der Waals surface area contributed by atoms with Crippen LogP contribution in [0.25, 0.3) is 0 Å². The number of carbonyl (C=O) groups excluding carboxylic acids is 2. The summed E-state index contributed by atoms with van der Waals surface area (Å²) >= 11 is 17.0. The average molecular weight is 904 g/mol. The van der Waals surface area contributed by atoms with Crippen LogP contribution in [-0.4, -0.2) is 87.2 Å². The molecule has 4 aromatic rings. The first kappa shape index (κ1) is 48.0. The Kier molecular flexibility index (Phi) is 16.9. The molecule has 12 nitrogen and oxygen atoms in total. The van der Waals surface area contributed by atoms with Gasteiger partial charge in [-0.05, 0) is 131 Å². The highest BCUT2D eigenvalue weighted by Gasteiger charge is 2.38. The number of amides is 1. The summed E-state index contributed by atoms with van der Waals surface area (Å²) < 4.78 is 23.2. The zero-order valence-electron chi connectivity index (χ0n) is 35.7. The molecule has 59 heavy (non-hydrogen) atoms. The summed E-state index contributed by atoms with van der Waals surface area (Å²) in [7, 11) is -3.58. The molecule has 0 aliphatic carbocycles. The molecular formula is C42H57Cl3N6O6Si2. The van der Waals surface area contributed by atoms with E-state index in [0.717, 1.165) is 47.8 Å². The van der Waals surface area contributed by atoms with Crippen molar-refractivity contribution in [3.05, 3.63) is 93.7 Å². The maximum Gasteiger partial charge on any atom is 0.259 e. The molecule has 0 spiro atoms. The number of halogens is 3. The minimum Gasteiger partial charge on any atom is -0.493 e. The van der Waals surface area contributed by atoms with Crippen LogP contribution in [0.2, 0.25) is 46.8 Å². The molecule has 320 valence electrons. The van der Waals surface area contributed by atoms with Crippen molar-refractivity contribution in [2.24, 2.45) is 0 Å². The molecule has 2 aliphatic heterocycles. The van der Waals surface area contributed by atoms with Crippen LogP contribution in [0.1, 0.15) is 73.4 Å². The number of rotatable bonds is 12. The van der Waals surface area contributed by atoms with E-state index < -0.39 is 21.9 Å². The zero-order chi connectivity index (χ0) is 43.6. The highest BCUT2D eigenvalue weighted by molar-refractivity contribution is 6.74. The van der Waals surface area contributed by atoms with Crippen LogP contribution in [0.15, 0.2) is 60.9 Å². The number of benzene rings is 2. The average Bonchev–Trinajstić information content (AvgIpc) is 3.84. The van der Waals surface area contributed by atoms with Crippen molar-refractivity contribution in [1.29, 1.82) is 0 Å². The molecule has 4 heterocycles. The van der Waals surface area contributed by atoms with Gasteiger partial charge in [0, 0.05) is 49.5 Å². The fourth-order valence-corrected chi connectivity index (χ4v) is 7.81. The van der Waals surface area contributed by atoms with Gasteiger partial charge in [-0.15, -0.1) is 0 Å². The number of anilines is 2. The van der Waals surface area contributed by atoms with Crippen LogP contribution < -0.4 is 19.7 Å². The third kappa shape index (κ3) is 14.0. The van der Waals surface area contributed by atoms with Crippen molar-refractivity contribution < 1.29 is 27.9 Å². The van der Waals surface area contributed by atoms with Gasteiger partial charge in [0.2, 0.25) is 10.6 Å². The van der Waals surface area contributed by atoms with E-state index in [0.29, 0.717) is 49.9 Å². The standard InChI is InChI=1S/C21H28ClN3O3Si.C12H22ClN3OSi.C9H7ClO2/c1-21(2,3)29(4,5)28-13-11-25(18-8-10-23-20(22)24-18)19(26)16-6-7-17-15(14-16)9-12-27-17;1-12(2,3)18(4,5)17-9-8-14-10-6-7-15-11(13)16-10;10-9(11)7-1-2-8-6(5-7)3-4-12-8/h6-8,10,14H,9,11-13H2,1-5H3;6-7H,8-9H2,1-5H3,(H,14,15,16);1-2,5H,3-4H2. The van der Waals surface area contributed by atoms with E-state index in [1.807, 2.05) is 12.1 Å². The van der Waals surface area contributed by atoms with E-state index in [-0.39, 0.29) is 26.6 Å². The third-order valence-electron chi connectivity index (χ3n) is 10.9. The molecule has 2 aliphatic rings. The summed E-state index contributed by atoms with van der Waals surface area (Å²) in [6.45, 7) is 25.7. The zero-order valence-corrected chi connectivity index (χ0v) is 40.0. The minimum absolute atomic E-state index is 0.0973. The molecule has 0 saturated carbocycles. The van der Waals surface area contributed by atoms with E-state index >= 15 is 0 Å². The van der Waals surface area contributed by atoms with E-state index in [1.165, 1.54) is 0 Å². The van der Waals surface area contributed by atoms with Crippen molar-refractivity contribution in [3.8, 4) is 11.5 Å². The SMILES string of the molecule is CC(C)(C)[Si](C)(C)OCCN(C(=O)c1ccc2c(c1)CCO2)c1ccnc(Cl)n1.CC(C)(C)[Si](C)(C)OCCNc1ccnc(Cl)n1.O=C(Cl)c1ccc2c(c1)CCO2. The number of aromatic nitrogens is 4. The van der Waals surface area contributed by atoms with E-state index in [1.54, 1.807) is 53.7 Å². The number of hydrogen-bond acceptors (Lipinski definition) is 11. The van der Waals surface area contributed by atoms with Gasteiger partial charge in [-0.25, -0.2) is 19.9 Å². The van der Waals surface area contributed by atoms with Gasteiger partial charge in [-0.1, -0.05) is 41.5 Å². The van der Waals surface area contributed by atoms with Crippen LogP contribution >= 0.6 is 34.8 Å². The predicted molar refractivity (Wildman–Crippen MR) is 242 cm³/mol. The molecule has 0 unspecified atom stereocenters. The maximum atomic E-state index is 13.3. The Bertz CT molecular complexity index is 2060. The molecular weight excluding hydrogens is 847 g/mol. The van der Waals surface area contributed by atoms with Crippen LogP contribution in [0, 0.1) is 0 Å². The van der Waals surface area contributed by atoms with Gasteiger partial charge in [-0.3, -0.25) is 14.5 Å². The van der Waals surface area contributed by atoms with E-state index in [9.17, 15) is 9.59 Å². The van der Waals surface area contributed by atoms with Crippen LogP contribution in [0.3, 0.4) is 0 Å². The van der Waals surface area contributed by atoms with Crippen LogP contribution in [-0.2, 0) is 21.7 Å². The second kappa shape index (κ2) is 20.8. The number of ether oxygens (including phenoxy) is 2. The molecule has 6 rings (SSSR count). The second-order valence-electron chi connectivity index (χ2n) is 17.1. The number of hydrogen-bond donors (Lipinski definition) is 1. The van der Waals surface area contributed by atoms with Gasteiger partial charge in [0.05, 0.1) is 26.4 Å². The Balaban J connectivity index is 0.000000217. The largest absolute Gasteiger partial charge is 0.493 e. The van der Waals surface area contributed by atoms with Gasteiger partial charge in [0.15, 0.2) is 16.6 Å². The first-order valence-electron chi connectivity index (χ1n) is 19.6. The molecule has 2 aromatic heterocycles. The number of nitrogens with one attached hydrogen (secondary N) is 1. The smallest absolute Gasteiger partial charge is 0.259 e. The predicted octanol–water partition coefficient (Wildman–Crippen LogP) is 10.3. The monoisotopic (exact) mass is 902 g/mol. The van der Waals surface area contributed by atoms with Crippen LogP contribution in [0.4, 0.5) is 11.6 Å². The molecule has 2 aromatic carbocycles. The van der Waals surface area contributed by atoms with Gasteiger partial charge in [0.1, 0.15) is 23.1 Å². The molecule has 0 radical (unpaired) electrons. The molecule has 1 amide bonds. The van der Waals surface area contributed by atoms with Crippen LogP contribution in [0.5, 0.6) is 11.5 Å². The molecule has 0 bridgehead atoms. The lowest BCUT2D eigenvalue weighted by atomic mass is 10.1. The number of carbonyl (C=O) groups is 2. The Morgan fingerprint density at radius 1 is 0.746 bits per heavy atom. The first-order chi connectivity index (χ1) is 27.6. The molecule has 17 heteroatoms. The van der Waals surface area contributed by atoms with E-state index in [4.69, 9.17) is 53.1 Å². The lowest BCUT2D eigenvalue weighted by Crippen LogP contribution is -2.43. The maximum absolute atomic E-state index is 13.3. The number of fused-ring (bicyclic) bond motifs is 2. The molecule has 1 N–H and O–H groups in total. The van der Waals surface area contributed by atoms with E-state index in [2.05, 4.69) is 93.0 Å². The molecule has 0 saturated heterocycles. The number of nitrogens with zero attached hydrogens (tertiary/aromatic N) is 5. The summed E-state index contributed by atoms with van der Waals surface area (Å²) in [5, 5.41) is 3.46. The highest BCUT2D eigenvalue weighted by Crippen LogP contribution is 2.37. The summed E-state index contributed by atoms with van der Waals surface area (Å²) in [6.07, 6.45) is 4.86. The first-order valence-corrected chi connectivity index (χ1v) is 26.5. The quantitative estimate of drug-likeness (QED) is 0.0629. The summed E-state index contributed by atoms with van der Waals surface area (Å²) in [6, 6.07) is 14.3. The van der Waals surface area contributed by atoms with Gasteiger partial charge in [0.25, 0.3) is 11.1 Å². The Hall–Kier alpha value is -3.64. The summed E-state index contributed by atoms with van der Waals surface area (Å²) in [5.74, 6) is 2.77. The van der Waals surface area contributed by atoms with Crippen molar-refractivity contribution in [2.45, 2.75) is 90.6 Å². The fraction of sp³-hybridized carbons (Fsp3) is 0.476. The lowest BCUT2D eigenvalue weighted by molar-refractivity contribution is 0.0980. The van der Waals surface area contributed by atoms with Gasteiger partial charge in [-0.2, -0.15) is 0 Å². The summed E-state index contributed by atoms with van der Waals surface area (Å²) in [5.41, 5.74) is 3.26.